The molecule has 590 valence electrons. The summed E-state index contributed by atoms with van der Waals surface area (Å²) >= 11 is 15.8. The zero-order valence-corrected chi connectivity index (χ0v) is 70.2. The Morgan fingerprint density at radius 1 is 0.587 bits per heavy atom. The monoisotopic (exact) mass is 1600 g/mol. The standard InChI is InChI=1S/C19H27FN8O.C19H25FN8O.C17H22ClFN8O.C8H15BO2.C2H4Cl2.CH2O3.2CH4.2Na.H/c2*1-5-14-21-10-13(20)17(22-14)23-16-12-11-28(19(2,3)15(12)24-25-16)18(29)27-8-6-26(4)7-9-27;1-17(2)12-10(9-27(17)16(28)26-6-4-25(3)5-7-26)13(24-23-12)21-14-11(19)8-20-15(18)22-14;1-6-9-10-7(2,3)8(4,5)11-9;1-2(3)4;2-1-4-3;;;;;/h10H,5-9,11H2,1-4H3,(H2,21,22,23,24,25);5,10H,1,6-9,11H2,2-4H3,(H2,21,22,23,24,25);8H,4-7,9H2,1-3H3,(H2,20,21,22,23,24);6H,1H2,2-5H3;2H,1H3;1,3H;2*1H4;;;/q;;;;;;;;2*+1;-1/p-1. The van der Waals surface area contributed by atoms with Crippen molar-refractivity contribution in [2.75, 3.05) is 116 Å². The van der Waals surface area contributed by atoms with Gasteiger partial charge in [-0.05, 0) is 115 Å². The number of aryl methyl sites for hydroxylation is 1. The van der Waals surface area contributed by atoms with Crippen LogP contribution in [-0.2, 0) is 61.7 Å². The average Bonchev–Trinajstić information content (AvgIpc) is 1.60. The largest absolute Gasteiger partial charge is 1.00 e. The smallest absolute Gasteiger partial charge is 1.00 e. The van der Waals surface area contributed by atoms with Gasteiger partial charge in [-0.3, -0.25) is 20.1 Å². The molecule has 4 fully saturated rings. The van der Waals surface area contributed by atoms with E-state index in [4.69, 9.17) is 54.2 Å². The van der Waals surface area contributed by atoms with Crippen molar-refractivity contribution < 1.29 is 112 Å². The molecule has 7 aliphatic heterocycles. The van der Waals surface area contributed by atoms with Crippen molar-refractivity contribution in [1.82, 2.24) is 105 Å². The Hall–Kier alpha value is -6.49. The number of carbonyl (C=O) groups excluding carboxylic acids is 4. The van der Waals surface area contributed by atoms with Crippen LogP contribution in [0.25, 0.3) is 6.08 Å². The molecule has 6 aromatic rings. The maximum atomic E-state index is 14.2. The van der Waals surface area contributed by atoms with E-state index < -0.39 is 34.1 Å². The number of alkyl halides is 2. The van der Waals surface area contributed by atoms with Gasteiger partial charge < -0.3 is 80.9 Å². The number of carbonyl (C=O) groups is 4. The van der Waals surface area contributed by atoms with Crippen LogP contribution in [0, 0.1) is 17.5 Å². The number of H-pyrrole nitrogens is 3. The van der Waals surface area contributed by atoms with Crippen LogP contribution in [0.3, 0.4) is 0 Å². The Morgan fingerprint density at radius 3 is 1.18 bits per heavy atom. The molecule has 6 amide bonds. The summed E-state index contributed by atoms with van der Waals surface area (Å²) in [6.07, 6.45) is 5.30. The second-order valence-corrected chi connectivity index (χ2v) is 30.0. The summed E-state index contributed by atoms with van der Waals surface area (Å²) < 4.78 is 53.5. The molecule has 0 spiro atoms. The van der Waals surface area contributed by atoms with Crippen molar-refractivity contribution in [3.63, 3.8) is 0 Å². The number of urea groups is 3. The van der Waals surface area contributed by atoms with Gasteiger partial charge in [0, 0.05) is 102 Å². The third-order valence-corrected chi connectivity index (χ3v) is 19.6. The van der Waals surface area contributed by atoms with E-state index in [0.29, 0.717) is 94.4 Å². The molecule has 0 aliphatic carbocycles. The summed E-state index contributed by atoms with van der Waals surface area (Å²) in [6.45, 7) is 41.2. The first-order valence-corrected chi connectivity index (χ1v) is 35.3. The SMILES string of the molecule is C.C.C=CB1OC(C)(C)C(C)(C)O1.C=Cc1ncc(F)c(Nc2n[nH]c3c2CN(C(=O)N2CCN(C)CC2)C3(C)C)n1.CC(Cl)Cl.CCc1ncc(F)c(Nc2n[nH]c3c2CN(C(=O)N2CCN(C)CC2)C3(C)C)n1.CN1CCN(C(=O)N2Cc3c(Nc4nc(Cl)ncc4F)n[nH]c3C2(C)C)CC1.O=CO[O-].[H-].[Na+].[Na+]. The van der Waals surface area contributed by atoms with Crippen molar-refractivity contribution in [2.45, 2.75) is 157 Å². The quantitative estimate of drug-likeness (QED) is 0.0284. The Morgan fingerprint density at radius 2 is 0.890 bits per heavy atom. The van der Waals surface area contributed by atoms with Crippen LogP contribution >= 0.6 is 34.8 Å². The zero-order chi connectivity index (χ0) is 77.3. The Labute approximate surface area is 697 Å². The summed E-state index contributed by atoms with van der Waals surface area (Å²) in [5.74, 6) is 2.19. The molecule has 109 heavy (non-hydrogen) atoms. The molecule has 7 aliphatic rings. The molecule has 6 N–H and O–H groups in total. The predicted molar refractivity (Wildman–Crippen MR) is 404 cm³/mol. The number of halogens is 6. The maximum Gasteiger partial charge on any atom is 1.00 e. The average molecular weight is 1600 g/mol. The molecule has 32 nitrogen and oxygen atoms in total. The van der Waals surface area contributed by atoms with Gasteiger partial charge in [-0.15, -0.1) is 29.8 Å². The fraction of sp³-hybridized carbons (Fsp3) is 0.574. The van der Waals surface area contributed by atoms with E-state index in [-0.39, 0.29) is 146 Å². The molecule has 13 heterocycles. The van der Waals surface area contributed by atoms with E-state index in [1.807, 2.05) is 106 Å². The van der Waals surface area contributed by atoms with Crippen molar-refractivity contribution in [3.8, 4) is 0 Å². The van der Waals surface area contributed by atoms with Crippen LogP contribution < -0.4 is 80.3 Å². The number of nitrogens with zero attached hydrogens (tertiary/aromatic N) is 18. The first-order valence-electron chi connectivity index (χ1n) is 34.1. The number of fused-ring (bicyclic) bond motifs is 3. The van der Waals surface area contributed by atoms with E-state index >= 15 is 0 Å². The van der Waals surface area contributed by atoms with E-state index in [0.717, 1.165) is 91.6 Å². The molecule has 0 radical (unpaired) electrons. The van der Waals surface area contributed by atoms with E-state index in [1.165, 1.54) is 6.08 Å². The normalized spacial score (nSPS) is 18.1. The number of amides is 6. The number of aromatic amines is 3. The number of likely N-dealkylation sites (N-methyl/N-ethyl adjacent to an activating group) is 3. The summed E-state index contributed by atoms with van der Waals surface area (Å²) in [6, 6.07) is 0.00542. The van der Waals surface area contributed by atoms with Crippen molar-refractivity contribution >= 4 is 107 Å². The Balaban J connectivity index is 0.000000374. The van der Waals surface area contributed by atoms with Gasteiger partial charge in [0.1, 0.15) is 10.7 Å². The first-order chi connectivity index (χ1) is 49.4. The minimum atomic E-state index is -0.635. The molecule has 13 rings (SSSR count). The van der Waals surface area contributed by atoms with Crippen LogP contribution in [0.15, 0.2) is 37.7 Å². The first kappa shape index (κ1) is 94.9. The van der Waals surface area contributed by atoms with Gasteiger partial charge in [0.2, 0.25) is 5.28 Å². The van der Waals surface area contributed by atoms with Gasteiger partial charge in [0.15, 0.2) is 58.2 Å². The summed E-state index contributed by atoms with van der Waals surface area (Å²) in [5, 5.41) is 39.1. The third-order valence-electron chi connectivity index (χ3n) is 19.4. The predicted octanol–water partition coefficient (Wildman–Crippen LogP) is 3.80. The van der Waals surface area contributed by atoms with Gasteiger partial charge in [0.05, 0.1) is 83.1 Å². The molecule has 41 heteroatoms. The summed E-state index contributed by atoms with van der Waals surface area (Å²) in [4.78, 5) is 91.9. The van der Waals surface area contributed by atoms with Crippen molar-refractivity contribution in [2.24, 2.45) is 0 Å². The second-order valence-electron chi connectivity index (χ2n) is 28.2. The number of piperazine rings is 3. The van der Waals surface area contributed by atoms with Gasteiger partial charge in [-0.1, -0.05) is 34.3 Å². The van der Waals surface area contributed by atoms with Crippen LogP contribution in [0.5, 0.6) is 0 Å². The van der Waals surface area contributed by atoms with Gasteiger partial charge >= 0.3 is 84.3 Å². The number of hydrogen-bond donors (Lipinski definition) is 6. The van der Waals surface area contributed by atoms with Gasteiger partial charge in [-0.2, -0.15) is 20.3 Å². The van der Waals surface area contributed by atoms with E-state index in [2.05, 4.69) is 130 Å². The number of hydrogen-bond acceptors (Lipinski definition) is 23. The van der Waals surface area contributed by atoms with Crippen LogP contribution in [-0.4, -0.2) is 252 Å². The second kappa shape index (κ2) is 40.3. The number of anilines is 6. The minimum Gasteiger partial charge on any atom is -1.00 e. The Kier molecular flexibility index (Phi) is 35.1. The molecule has 0 bridgehead atoms. The van der Waals surface area contributed by atoms with Crippen molar-refractivity contribution in [1.29, 1.82) is 0 Å². The van der Waals surface area contributed by atoms with Gasteiger partial charge in [0.25, 0.3) is 6.47 Å². The molecule has 0 aromatic carbocycles. The number of rotatable bonds is 10. The van der Waals surface area contributed by atoms with E-state index in [1.54, 1.807) is 12.9 Å². The molecule has 0 atom stereocenters. The molecular weight excluding hydrogens is 1500 g/mol. The Bertz CT molecular complexity index is 4040. The number of nitrogens with one attached hydrogen (secondary N) is 6. The minimum absolute atomic E-state index is 0. The molecule has 0 unspecified atom stereocenters. The molecule has 0 saturated carbocycles. The maximum absolute atomic E-state index is 14.2. The third kappa shape index (κ3) is 22.5. The van der Waals surface area contributed by atoms with Crippen LogP contribution in [0.4, 0.5) is 62.5 Å². The molecule has 4 saturated heterocycles. The fourth-order valence-electron chi connectivity index (χ4n) is 12.3. The summed E-state index contributed by atoms with van der Waals surface area (Å²) in [7, 11) is 5.92. The summed E-state index contributed by atoms with van der Waals surface area (Å²) in [5.41, 5.74) is 2.88. The van der Waals surface area contributed by atoms with Crippen LogP contribution in [0.2, 0.25) is 5.28 Å². The zero-order valence-electron chi connectivity index (χ0n) is 64.9. The molecule has 6 aromatic heterocycles. The van der Waals surface area contributed by atoms with Crippen LogP contribution in [0.1, 0.15) is 145 Å². The topological polar surface area (TPSA) is 348 Å². The fourth-order valence-corrected chi connectivity index (χ4v) is 12.4. The molecular formula is C68H103BCl3F3N24Na2O8. The van der Waals surface area contributed by atoms with E-state index in [9.17, 15) is 27.6 Å². The van der Waals surface area contributed by atoms with Gasteiger partial charge in [-0.25, -0.2) is 52.5 Å². The number of aromatic nitrogens is 12. The van der Waals surface area contributed by atoms with Crippen molar-refractivity contribution in [3.05, 3.63) is 106 Å².